The SMILES string of the molecule is COC(=O)C12CCC[N+]1(C)CC(OCc1cccc(C)c1)C2. The van der Waals surface area contributed by atoms with Crippen LogP contribution in [0.3, 0.4) is 0 Å². The summed E-state index contributed by atoms with van der Waals surface area (Å²) in [4.78, 5) is 12.4. The maximum Gasteiger partial charge on any atom is 0.368 e. The molecule has 3 unspecified atom stereocenters. The van der Waals surface area contributed by atoms with Gasteiger partial charge in [0.05, 0.1) is 27.3 Å². The van der Waals surface area contributed by atoms with Crippen LogP contribution in [-0.4, -0.2) is 49.3 Å². The number of carbonyl (C=O) groups is 1. The number of ether oxygens (including phenoxy) is 2. The average molecular weight is 304 g/mol. The number of hydrogen-bond acceptors (Lipinski definition) is 3. The zero-order valence-corrected chi connectivity index (χ0v) is 13.8. The Balaban J connectivity index is 1.69. The van der Waals surface area contributed by atoms with E-state index in [0.717, 1.165) is 36.8 Å². The maximum absolute atomic E-state index is 12.4. The minimum Gasteiger partial charge on any atom is -0.464 e. The largest absolute Gasteiger partial charge is 0.464 e. The highest BCUT2D eigenvalue weighted by atomic mass is 16.5. The van der Waals surface area contributed by atoms with Crippen LogP contribution in [0.25, 0.3) is 0 Å². The van der Waals surface area contributed by atoms with E-state index in [2.05, 4.69) is 38.2 Å². The van der Waals surface area contributed by atoms with Gasteiger partial charge in [0.2, 0.25) is 0 Å². The van der Waals surface area contributed by atoms with Crippen LogP contribution in [0.4, 0.5) is 0 Å². The van der Waals surface area contributed by atoms with E-state index in [1.807, 2.05) is 0 Å². The fourth-order valence-electron chi connectivity index (χ4n) is 4.41. The quantitative estimate of drug-likeness (QED) is 0.633. The minimum atomic E-state index is -0.383. The van der Waals surface area contributed by atoms with E-state index in [9.17, 15) is 4.79 Å². The molecule has 0 bridgehead atoms. The normalized spacial score (nSPS) is 33.7. The van der Waals surface area contributed by atoms with Crippen molar-refractivity contribution in [3.63, 3.8) is 0 Å². The number of quaternary nitrogens is 1. The van der Waals surface area contributed by atoms with Gasteiger partial charge in [0, 0.05) is 19.3 Å². The number of methoxy groups -OCH3 is 1. The Labute approximate surface area is 132 Å². The van der Waals surface area contributed by atoms with Crippen LogP contribution in [0, 0.1) is 6.92 Å². The maximum atomic E-state index is 12.4. The van der Waals surface area contributed by atoms with Crippen LogP contribution >= 0.6 is 0 Å². The summed E-state index contributed by atoms with van der Waals surface area (Å²) in [6.45, 7) is 4.65. The van der Waals surface area contributed by atoms with Gasteiger partial charge in [-0.05, 0) is 12.5 Å². The monoisotopic (exact) mass is 304 g/mol. The van der Waals surface area contributed by atoms with Gasteiger partial charge >= 0.3 is 5.97 Å². The minimum absolute atomic E-state index is 0.0610. The molecule has 22 heavy (non-hydrogen) atoms. The zero-order chi connectivity index (χ0) is 15.8. The van der Waals surface area contributed by atoms with Gasteiger partial charge in [-0.3, -0.25) is 0 Å². The predicted octanol–water partition coefficient (Wildman–Crippen LogP) is 2.44. The molecule has 0 amide bonds. The van der Waals surface area contributed by atoms with Crippen LogP contribution in [-0.2, 0) is 20.9 Å². The smallest absolute Gasteiger partial charge is 0.368 e. The second-order valence-corrected chi connectivity index (χ2v) is 7.05. The van der Waals surface area contributed by atoms with E-state index in [0.29, 0.717) is 6.61 Å². The Morgan fingerprint density at radius 1 is 1.45 bits per heavy atom. The zero-order valence-electron chi connectivity index (χ0n) is 13.8. The van der Waals surface area contributed by atoms with Gasteiger partial charge in [-0.2, -0.15) is 0 Å². The number of nitrogens with zero attached hydrogens (tertiary/aromatic N) is 1. The molecule has 2 heterocycles. The summed E-state index contributed by atoms with van der Waals surface area (Å²) >= 11 is 0. The number of fused-ring (bicyclic) bond motifs is 1. The Hall–Kier alpha value is -1.39. The van der Waals surface area contributed by atoms with Crippen molar-refractivity contribution in [2.75, 3.05) is 27.2 Å². The highest BCUT2D eigenvalue weighted by Gasteiger charge is 2.65. The number of esters is 1. The molecule has 0 spiro atoms. The van der Waals surface area contributed by atoms with Crippen molar-refractivity contribution < 1.29 is 18.8 Å². The lowest BCUT2D eigenvalue weighted by atomic mass is 9.92. The first-order valence-electron chi connectivity index (χ1n) is 8.09. The molecule has 2 fully saturated rings. The Morgan fingerprint density at radius 2 is 2.27 bits per heavy atom. The summed E-state index contributed by atoms with van der Waals surface area (Å²) in [5.41, 5.74) is 2.06. The van der Waals surface area contributed by atoms with Crippen LogP contribution in [0.5, 0.6) is 0 Å². The first-order valence-corrected chi connectivity index (χ1v) is 8.09. The molecule has 3 rings (SSSR count). The molecule has 3 atom stereocenters. The first kappa shape index (κ1) is 15.5. The predicted molar refractivity (Wildman–Crippen MR) is 84.3 cm³/mol. The van der Waals surface area contributed by atoms with E-state index in [1.165, 1.54) is 18.2 Å². The highest BCUT2D eigenvalue weighted by molar-refractivity contribution is 5.80. The molecule has 120 valence electrons. The van der Waals surface area contributed by atoms with Crippen molar-refractivity contribution in [1.29, 1.82) is 0 Å². The molecule has 0 radical (unpaired) electrons. The number of carbonyl (C=O) groups excluding carboxylic acids is 1. The van der Waals surface area contributed by atoms with Gasteiger partial charge in [-0.1, -0.05) is 29.8 Å². The van der Waals surface area contributed by atoms with Crippen molar-refractivity contribution in [2.24, 2.45) is 0 Å². The van der Waals surface area contributed by atoms with E-state index in [4.69, 9.17) is 9.47 Å². The molecule has 4 heteroatoms. The Morgan fingerprint density at radius 3 is 3.00 bits per heavy atom. The lowest BCUT2D eigenvalue weighted by Gasteiger charge is -2.37. The summed E-state index contributed by atoms with van der Waals surface area (Å²) in [7, 11) is 3.68. The summed E-state index contributed by atoms with van der Waals surface area (Å²) in [5.74, 6) is -0.0610. The number of aryl methyl sites for hydroxylation is 1. The Kier molecular flexibility index (Phi) is 4.00. The van der Waals surface area contributed by atoms with Gasteiger partial charge in [-0.15, -0.1) is 0 Å². The van der Waals surface area contributed by atoms with E-state index in [1.54, 1.807) is 0 Å². The summed E-state index contributed by atoms with van der Waals surface area (Å²) < 4.78 is 12.0. The summed E-state index contributed by atoms with van der Waals surface area (Å²) in [5, 5.41) is 0. The number of likely N-dealkylation sites (N-methyl/N-ethyl adjacent to an activating group) is 1. The lowest BCUT2D eigenvalue weighted by Crippen LogP contribution is -2.58. The van der Waals surface area contributed by atoms with Gasteiger partial charge in [-0.25, -0.2) is 4.79 Å². The molecule has 1 aromatic rings. The van der Waals surface area contributed by atoms with Gasteiger partial charge < -0.3 is 14.0 Å². The molecule has 0 saturated carbocycles. The van der Waals surface area contributed by atoms with Crippen LogP contribution in [0.15, 0.2) is 24.3 Å². The van der Waals surface area contributed by atoms with E-state index >= 15 is 0 Å². The molecule has 1 aromatic carbocycles. The number of benzene rings is 1. The van der Waals surface area contributed by atoms with Crippen molar-refractivity contribution in [3.05, 3.63) is 35.4 Å². The first-order chi connectivity index (χ1) is 10.5. The molecule has 0 aliphatic carbocycles. The topological polar surface area (TPSA) is 35.5 Å². The number of rotatable bonds is 4. The molecular weight excluding hydrogens is 278 g/mol. The summed E-state index contributed by atoms with van der Waals surface area (Å²) in [6, 6.07) is 8.40. The molecule has 2 aliphatic rings. The third-order valence-electron chi connectivity index (χ3n) is 5.58. The highest BCUT2D eigenvalue weighted by Crippen LogP contribution is 2.46. The fourth-order valence-corrected chi connectivity index (χ4v) is 4.41. The average Bonchev–Trinajstić information content (AvgIpc) is 2.95. The van der Waals surface area contributed by atoms with Crippen molar-refractivity contribution in [1.82, 2.24) is 0 Å². The van der Waals surface area contributed by atoms with Crippen LogP contribution in [0.2, 0.25) is 0 Å². The van der Waals surface area contributed by atoms with Gasteiger partial charge in [0.15, 0.2) is 5.54 Å². The van der Waals surface area contributed by atoms with Crippen molar-refractivity contribution in [2.45, 2.75) is 44.4 Å². The third-order valence-corrected chi connectivity index (χ3v) is 5.58. The van der Waals surface area contributed by atoms with Gasteiger partial charge in [0.1, 0.15) is 12.6 Å². The molecule has 4 nitrogen and oxygen atoms in total. The van der Waals surface area contributed by atoms with Crippen molar-refractivity contribution in [3.8, 4) is 0 Å². The van der Waals surface area contributed by atoms with Gasteiger partial charge in [0.25, 0.3) is 0 Å². The Bertz CT molecular complexity index is 573. The van der Waals surface area contributed by atoms with E-state index < -0.39 is 0 Å². The molecule has 2 aliphatic heterocycles. The summed E-state index contributed by atoms with van der Waals surface area (Å²) in [6.07, 6.45) is 2.92. The van der Waals surface area contributed by atoms with Crippen molar-refractivity contribution >= 4 is 5.97 Å². The third kappa shape index (κ3) is 2.44. The fraction of sp³-hybridized carbons (Fsp3) is 0.611. The van der Waals surface area contributed by atoms with Crippen LogP contribution in [0.1, 0.15) is 30.4 Å². The molecule has 0 aromatic heterocycles. The standard InChI is InChI=1S/C18H26NO3/c1-14-6-4-7-15(10-14)13-22-16-11-18(17(20)21-3)8-5-9-19(18,2)12-16/h4,6-7,10,16H,5,8-9,11-13H2,1-3H3/q+1. The second kappa shape index (κ2) is 5.67. The second-order valence-electron chi connectivity index (χ2n) is 7.05. The molecule has 2 saturated heterocycles. The molecule has 0 N–H and O–H groups in total. The van der Waals surface area contributed by atoms with Crippen LogP contribution < -0.4 is 0 Å². The lowest BCUT2D eigenvalue weighted by molar-refractivity contribution is -0.925. The number of hydrogen-bond donors (Lipinski definition) is 0. The van der Waals surface area contributed by atoms with E-state index in [-0.39, 0.29) is 17.6 Å². The molecular formula is C18H26NO3+.